The van der Waals surface area contributed by atoms with E-state index in [1.54, 1.807) is 18.4 Å². The summed E-state index contributed by atoms with van der Waals surface area (Å²) in [4.78, 5) is 12.4. The highest BCUT2D eigenvalue weighted by atomic mass is 79.9. The molecule has 1 aromatic rings. The SMILES string of the molecule is CNC(=O)[C@@H](C)NCc1cc(Br)cs1.Cl. The summed E-state index contributed by atoms with van der Waals surface area (Å²) in [5, 5.41) is 7.77. The van der Waals surface area contributed by atoms with Crippen molar-refractivity contribution in [2.75, 3.05) is 7.05 Å². The summed E-state index contributed by atoms with van der Waals surface area (Å²) in [5.41, 5.74) is 0. The fourth-order valence-electron chi connectivity index (χ4n) is 1.01. The minimum atomic E-state index is -0.152. The van der Waals surface area contributed by atoms with Gasteiger partial charge in [-0.1, -0.05) is 0 Å². The smallest absolute Gasteiger partial charge is 0.236 e. The molecule has 0 aliphatic rings. The Balaban J connectivity index is 0.00000196. The van der Waals surface area contributed by atoms with E-state index in [1.807, 2.05) is 18.4 Å². The monoisotopic (exact) mass is 312 g/mol. The maximum Gasteiger partial charge on any atom is 0.236 e. The second-order valence-electron chi connectivity index (χ2n) is 2.95. The molecule has 0 spiro atoms. The van der Waals surface area contributed by atoms with Crippen molar-refractivity contribution < 1.29 is 4.79 Å². The number of amides is 1. The molecule has 0 aromatic carbocycles. The maximum atomic E-state index is 11.2. The summed E-state index contributed by atoms with van der Waals surface area (Å²) >= 11 is 5.05. The zero-order valence-electron chi connectivity index (χ0n) is 8.54. The van der Waals surface area contributed by atoms with Crippen molar-refractivity contribution in [3.05, 3.63) is 20.8 Å². The summed E-state index contributed by atoms with van der Waals surface area (Å²) < 4.78 is 1.09. The number of rotatable bonds is 4. The molecule has 15 heavy (non-hydrogen) atoms. The van der Waals surface area contributed by atoms with E-state index in [0.717, 1.165) is 11.0 Å². The van der Waals surface area contributed by atoms with Gasteiger partial charge >= 0.3 is 0 Å². The van der Waals surface area contributed by atoms with Gasteiger partial charge in [0, 0.05) is 28.3 Å². The summed E-state index contributed by atoms with van der Waals surface area (Å²) in [5.74, 6) is 0.0145. The maximum absolute atomic E-state index is 11.2. The van der Waals surface area contributed by atoms with E-state index in [4.69, 9.17) is 0 Å². The molecule has 1 rings (SSSR count). The molecule has 6 heteroatoms. The predicted octanol–water partition coefficient (Wildman–Crippen LogP) is 2.16. The molecule has 0 saturated heterocycles. The van der Waals surface area contributed by atoms with E-state index in [2.05, 4.69) is 26.6 Å². The van der Waals surface area contributed by atoms with Crippen molar-refractivity contribution in [3.8, 4) is 0 Å². The number of carbonyl (C=O) groups is 1. The van der Waals surface area contributed by atoms with Crippen molar-refractivity contribution in [3.63, 3.8) is 0 Å². The van der Waals surface area contributed by atoms with Crippen LogP contribution in [0.1, 0.15) is 11.8 Å². The fourth-order valence-corrected chi connectivity index (χ4v) is 2.41. The minimum Gasteiger partial charge on any atom is -0.358 e. The Bertz CT molecular complexity index is 319. The first-order valence-corrected chi connectivity index (χ1v) is 5.98. The van der Waals surface area contributed by atoms with Gasteiger partial charge in [-0.05, 0) is 28.9 Å². The topological polar surface area (TPSA) is 41.1 Å². The van der Waals surface area contributed by atoms with Gasteiger partial charge in [0.05, 0.1) is 6.04 Å². The fraction of sp³-hybridized carbons (Fsp3) is 0.444. The average Bonchev–Trinajstić information content (AvgIpc) is 2.59. The molecule has 0 radical (unpaired) electrons. The van der Waals surface area contributed by atoms with Crippen molar-refractivity contribution in [2.24, 2.45) is 0 Å². The average molecular weight is 314 g/mol. The standard InChI is InChI=1S/C9H13BrN2OS.ClH/c1-6(9(13)11-2)12-4-8-3-7(10)5-14-8;/h3,5-6,12H,4H2,1-2H3,(H,11,13);1H/t6-;/m1./s1. The first-order valence-electron chi connectivity index (χ1n) is 4.31. The van der Waals surface area contributed by atoms with Crippen LogP contribution in [0.2, 0.25) is 0 Å². The van der Waals surface area contributed by atoms with Crippen LogP contribution >= 0.6 is 39.7 Å². The van der Waals surface area contributed by atoms with Gasteiger partial charge in [-0.2, -0.15) is 0 Å². The zero-order valence-corrected chi connectivity index (χ0v) is 11.8. The third kappa shape index (κ3) is 4.97. The molecule has 3 nitrogen and oxygen atoms in total. The highest BCUT2D eigenvalue weighted by Crippen LogP contribution is 2.19. The lowest BCUT2D eigenvalue weighted by Gasteiger charge is -2.10. The van der Waals surface area contributed by atoms with E-state index in [-0.39, 0.29) is 24.4 Å². The Labute approximate surface area is 108 Å². The molecule has 1 heterocycles. The Morgan fingerprint density at radius 1 is 1.67 bits per heavy atom. The van der Waals surface area contributed by atoms with Gasteiger partial charge in [0.2, 0.25) is 5.91 Å². The Morgan fingerprint density at radius 3 is 2.80 bits per heavy atom. The molecule has 1 amide bonds. The summed E-state index contributed by atoms with van der Waals surface area (Å²) in [6.45, 7) is 2.58. The van der Waals surface area contributed by atoms with Crippen LogP contribution in [0.15, 0.2) is 15.9 Å². The molecule has 2 N–H and O–H groups in total. The predicted molar refractivity (Wildman–Crippen MR) is 69.6 cm³/mol. The van der Waals surface area contributed by atoms with Crippen LogP contribution in [0.4, 0.5) is 0 Å². The van der Waals surface area contributed by atoms with E-state index in [0.29, 0.717) is 0 Å². The Kier molecular flexibility index (Phi) is 7.17. The molecular formula is C9H14BrClN2OS. The lowest BCUT2D eigenvalue weighted by molar-refractivity contribution is -0.122. The zero-order chi connectivity index (χ0) is 10.6. The Hall–Kier alpha value is -0.100. The number of nitrogens with one attached hydrogen (secondary N) is 2. The van der Waals surface area contributed by atoms with Crippen LogP contribution in [-0.2, 0) is 11.3 Å². The molecule has 0 unspecified atom stereocenters. The van der Waals surface area contributed by atoms with Gasteiger partial charge in [-0.15, -0.1) is 23.7 Å². The van der Waals surface area contributed by atoms with Crippen LogP contribution in [0.3, 0.4) is 0 Å². The number of halogens is 2. The van der Waals surface area contributed by atoms with E-state index in [1.165, 1.54) is 4.88 Å². The van der Waals surface area contributed by atoms with Gasteiger partial charge in [-0.3, -0.25) is 4.79 Å². The molecule has 1 aromatic heterocycles. The van der Waals surface area contributed by atoms with E-state index in [9.17, 15) is 4.79 Å². The highest BCUT2D eigenvalue weighted by molar-refractivity contribution is 9.10. The number of thiophene rings is 1. The molecule has 0 aliphatic heterocycles. The number of hydrogen-bond donors (Lipinski definition) is 2. The largest absolute Gasteiger partial charge is 0.358 e. The van der Waals surface area contributed by atoms with Crippen molar-refractivity contribution in [1.29, 1.82) is 0 Å². The first-order chi connectivity index (χ1) is 6.63. The normalized spacial score (nSPS) is 11.7. The first kappa shape index (κ1) is 14.9. The van der Waals surface area contributed by atoms with Crippen LogP contribution < -0.4 is 10.6 Å². The van der Waals surface area contributed by atoms with Crippen LogP contribution in [0.5, 0.6) is 0 Å². The van der Waals surface area contributed by atoms with Gasteiger partial charge in [0.15, 0.2) is 0 Å². The minimum absolute atomic E-state index is 0. The van der Waals surface area contributed by atoms with Gasteiger partial charge < -0.3 is 10.6 Å². The second-order valence-corrected chi connectivity index (χ2v) is 4.86. The van der Waals surface area contributed by atoms with Crippen LogP contribution in [0.25, 0.3) is 0 Å². The molecule has 0 aliphatic carbocycles. The third-order valence-electron chi connectivity index (χ3n) is 1.84. The van der Waals surface area contributed by atoms with Crippen LogP contribution in [-0.4, -0.2) is 19.0 Å². The van der Waals surface area contributed by atoms with E-state index < -0.39 is 0 Å². The summed E-state index contributed by atoms with van der Waals surface area (Å²) in [6.07, 6.45) is 0. The van der Waals surface area contributed by atoms with Crippen molar-refractivity contribution >= 4 is 45.6 Å². The quantitative estimate of drug-likeness (QED) is 0.894. The number of carbonyl (C=O) groups excluding carboxylic acids is 1. The molecule has 0 fully saturated rings. The molecule has 0 saturated carbocycles. The number of likely N-dealkylation sites (N-methyl/N-ethyl adjacent to an activating group) is 1. The van der Waals surface area contributed by atoms with Crippen molar-refractivity contribution in [1.82, 2.24) is 10.6 Å². The van der Waals surface area contributed by atoms with Gasteiger partial charge in [0.1, 0.15) is 0 Å². The highest BCUT2D eigenvalue weighted by Gasteiger charge is 2.09. The molecule has 86 valence electrons. The second kappa shape index (κ2) is 7.22. The third-order valence-corrected chi connectivity index (χ3v) is 3.54. The Morgan fingerprint density at radius 2 is 2.33 bits per heavy atom. The van der Waals surface area contributed by atoms with Gasteiger partial charge in [-0.25, -0.2) is 0 Å². The summed E-state index contributed by atoms with van der Waals surface area (Å²) in [6, 6.07) is 1.90. The lowest BCUT2D eigenvalue weighted by Crippen LogP contribution is -2.40. The number of hydrogen-bond acceptors (Lipinski definition) is 3. The molecule has 1 atom stereocenters. The molecule has 0 bridgehead atoms. The van der Waals surface area contributed by atoms with Crippen LogP contribution in [0, 0.1) is 0 Å². The molecular weight excluding hydrogens is 300 g/mol. The van der Waals surface area contributed by atoms with E-state index >= 15 is 0 Å². The lowest BCUT2D eigenvalue weighted by atomic mass is 10.3. The van der Waals surface area contributed by atoms with Crippen molar-refractivity contribution in [2.45, 2.75) is 19.5 Å². The summed E-state index contributed by atoms with van der Waals surface area (Å²) in [7, 11) is 1.64. The van der Waals surface area contributed by atoms with Gasteiger partial charge in [0.25, 0.3) is 0 Å².